The van der Waals surface area contributed by atoms with E-state index in [2.05, 4.69) is 147 Å². The van der Waals surface area contributed by atoms with Gasteiger partial charge in [-0.2, -0.15) is 0 Å². The molecule has 0 N–H and O–H groups in total. The molecule has 5 aromatic carbocycles. The zero-order valence-electron chi connectivity index (χ0n) is 31.2. The van der Waals surface area contributed by atoms with Crippen LogP contribution in [0.4, 0.5) is 0 Å². The van der Waals surface area contributed by atoms with E-state index in [1.807, 2.05) is 0 Å². The molecule has 0 saturated carbocycles. The average molecular weight is 708 g/mol. The van der Waals surface area contributed by atoms with Crippen LogP contribution in [-0.2, 0) is 0 Å². The lowest BCUT2D eigenvalue weighted by Gasteiger charge is -2.37. The van der Waals surface area contributed by atoms with Crippen LogP contribution in [-0.4, -0.2) is 32.5 Å². The minimum atomic E-state index is -0.0693. The molecule has 0 bridgehead atoms. The number of fused-ring (bicyclic) bond motifs is 16. The summed E-state index contributed by atoms with van der Waals surface area (Å²) in [5.74, 6) is 3.47. The highest BCUT2D eigenvalue weighted by Gasteiger charge is 2.47. The van der Waals surface area contributed by atoms with Crippen molar-refractivity contribution in [3.8, 4) is 34.6 Å². The molecule has 6 nitrogen and oxygen atoms in total. The molecule has 4 aliphatic rings. The third-order valence-electron chi connectivity index (χ3n) is 12.9. The van der Waals surface area contributed by atoms with E-state index in [4.69, 9.17) is 19.4 Å². The van der Waals surface area contributed by atoms with Gasteiger partial charge in [0.2, 0.25) is 11.8 Å². The lowest BCUT2D eigenvalue weighted by Crippen LogP contribution is -2.63. The maximum atomic E-state index is 7.12. The van der Waals surface area contributed by atoms with Gasteiger partial charge in [0.1, 0.15) is 11.5 Å². The average Bonchev–Trinajstić information content (AvgIpc) is 3.74. The molecule has 9 aromatic rings. The van der Waals surface area contributed by atoms with E-state index < -0.39 is 0 Å². The molecule has 0 saturated heterocycles. The highest BCUT2D eigenvalue weighted by molar-refractivity contribution is 7.02. The van der Waals surface area contributed by atoms with Crippen LogP contribution in [0.2, 0.25) is 0 Å². The van der Waals surface area contributed by atoms with Crippen LogP contribution in [0.15, 0.2) is 103 Å². The van der Waals surface area contributed by atoms with Gasteiger partial charge in [0, 0.05) is 49.4 Å². The fraction of sp³-hybridized carbons (Fsp3) is 0.149. The van der Waals surface area contributed by atoms with Gasteiger partial charge in [0.05, 0.1) is 33.5 Å². The van der Waals surface area contributed by atoms with Crippen molar-refractivity contribution in [2.24, 2.45) is 0 Å². The number of hydrogen-bond donors (Lipinski definition) is 0. The molecule has 0 fully saturated rings. The van der Waals surface area contributed by atoms with Gasteiger partial charge in [0.15, 0.2) is 0 Å². The third-order valence-corrected chi connectivity index (χ3v) is 12.9. The van der Waals surface area contributed by atoms with E-state index in [9.17, 15) is 0 Å². The Morgan fingerprint density at radius 1 is 0.527 bits per heavy atom. The molecule has 13 rings (SSSR count). The number of aromatic nitrogens is 4. The number of benzene rings is 5. The maximum absolute atomic E-state index is 7.12. The number of hydrogen-bond acceptors (Lipinski definition) is 4. The normalized spacial score (nSPS) is 14.1. The molecule has 0 unspecified atom stereocenters. The van der Waals surface area contributed by atoms with Gasteiger partial charge in [-0.25, -0.2) is 9.97 Å². The Labute approximate surface area is 318 Å². The Morgan fingerprint density at radius 2 is 0.945 bits per heavy atom. The predicted octanol–water partition coefficient (Wildman–Crippen LogP) is 7.10. The van der Waals surface area contributed by atoms with Crippen molar-refractivity contribution in [1.29, 1.82) is 0 Å². The summed E-state index contributed by atoms with van der Waals surface area (Å²) in [4.78, 5) is 10.8. The second-order valence-corrected chi connectivity index (χ2v) is 16.4. The van der Waals surface area contributed by atoms with Crippen LogP contribution in [0.3, 0.4) is 0 Å². The zero-order valence-corrected chi connectivity index (χ0v) is 31.2. The van der Waals surface area contributed by atoms with Gasteiger partial charge in [-0.3, -0.25) is 0 Å². The lowest BCUT2D eigenvalue weighted by molar-refractivity contribution is 0.439. The van der Waals surface area contributed by atoms with Gasteiger partial charge >= 0.3 is 0 Å². The molecule has 0 aliphatic carbocycles. The Hall–Kier alpha value is -6.27. The predicted molar refractivity (Wildman–Crippen MR) is 226 cm³/mol. The molecule has 0 radical (unpaired) electrons. The Morgan fingerprint density at radius 3 is 1.40 bits per heavy atom. The summed E-state index contributed by atoms with van der Waals surface area (Å²) in [5.41, 5.74) is 17.5. The smallest absolute Gasteiger partial charge is 0.258 e. The van der Waals surface area contributed by atoms with Gasteiger partial charge in [-0.15, -0.1) is 0 Å². The number of rotatable bonds is 2. The van der Waals surface area contributed by atoms with E-state index >= 15 is 0 Å². The van der Waals surface area contributed by atoms with Gasteiger partial charge in [-0.05, 0) is 64.9 Å². The molecule has 0 atom stereocenters. The largest absolute Gasteiger partial charge is 0.440 e. The van der Waals surface area contributed by atoms with Gasteiger partial charge in [-0.1, -0.05) is 107 Å². The third kappa shape index (κ3) is 3.46. The topological polar surface area (TPSA) is 54.1 Å². The second-order valence-electron chi connectivity index (χ2n) is 16.4. The number of nitrogens with zero attached hydrogens (tertiary/aromatic N) is 4. The lowest BCUT2D eigenvalue weighted by atomic mass is 9.31. The number of para-hydroxylation sites is 4. The van der Waals surface area contributed by atoms with Crippen molar-refractivity contribution >= 4 is 89.8 Å². The fourth-order valence-corrected chi connectivity index (χ4v) is 10.7. The molecule has 8 heterocycles. The summed E-state index contributed by atoms with van der Waals surface area (Å²) in [5, 5.41) is 4.92. The fourth-order valence-electron chi connectivity index (χ4n) is 10.7. The first kappa shape index (κ1) is 30.1. The molecule has 0 spiro atoms. The van der Waals surface area contributed by atoms with E-state index in [1.54, 1.807) is 0 Å². The van der Waals surface area contributed by atoms with Crippen molar-refractivity contribution < 1.29 is 9.47 Å². The standard InChI is InChI=1S/C47H34B2N4O2/c1-23(2)40-36-26-14-6-10-18-32(26)52-34-20-12-8-16-28(34)48-30-22-31-45(25(5)44(30)54-46(50-40)38(48)42(36)52)55-47-39-43-37(41(51-47)24(3)4)27-15-7-11-19-33(27)53(43)35-21-13-9-17-29(35)49(31)39/h6-24H,1-5H3. The molecule has 8 heteroatoms. The first-order valence-corrected chi connectivity index (χ1v) is 19.6. The van der Waals surface area contributed by atoms with Crippen molar-refractivity contribution in [2.45, 2.75) is 46.5 Å². The Kier molecular flexibility index (Phi) is 5.51. The SMILES string of the molecule is Cc1c2c(cc3c1Oc1nc(C(C)C)c4c5ccccc5n5c4c1B3c1ccccc1-5)B1c3ccccc3-n3c4ccccc4c4c(C(C)C)nc(c1c43)O2. The number of ether oxygens (including phenoxy) is 2. The maximum Gasteiger partial charge on any atom is 0.258 e. The molecule has 0 amide bonds. The zero-order chi connectivity index (χ0) is 36.6. The number of pyridine rings is 2. The summed E-state index contributed by atoms with van der Waals surface area (Å²) < 4.78 is 19.2. The summed E-state index contributed by atoms with van der Waals surface area (Å²) in [6.45, 7) is 11.0. The quantitative estimate of drug-likeness (QED) is 0.180. The molecular weight excluding hydrogens is 674 g/mol. The monoisotopic (exact) mass is 708 g/mol. The van der Waals surface area contributed by atoms with Crippen LogP contribution in [0.1, 0.15) is 56.5 Å². The van der Waals surface area contributed by atoms with Crippen LogP contribution in [0, 0.1) is 6.92 Å². The molecule has 4 aliphatic heterocycles. The molecule has 260 valence electrons. The molecular formula is C47H34B2N4O2. The van der Waals surface area contributed by atoms with Crippen molar-refractivity contribution in [3.63, 3.8) is 0 Å². The Balaban J connectivity index is 1.15. The van der Waals surface area contributed by atoms with Crippen molar-refractivity contribution in [1.82, 2.24) is 19.1 Å². The Bertz CT molecular complexity index is 3050. The van der Waals surface area contributed by atoms with Crippen molar-refractivity contribution in [3.05, 3.63) is 120 Å². The van der Waals surface area contributed by atoms with Crippen LogP contribution < -0.4 is 42.3 Å². The van der Waals surface area contributed by atoms with Gasteiger partial charge < -0.3 is 18.6 Å². The van der Waals surface area contributed by atoms with E-state index in [0.717, 1.165) is 50.3 Å². The summed E-state index contributed by atoms with van der Waals surface area (Å²) in [6, 6.07) is 37.8. The summed E-state index contributed by atoms with van der Waals surface area (Å²) >= 11 is 0. The molecule has 55 heavy (non-hydrogen) atoms. The summed E-state index contributed by atoms with van der Waals surface area (Å²) in [7, 11) is 0. The van der Waals surface area contributed by atoms with E-state index in [1.165, 1.54) is 65.9 Å². The summed E-state index contributed by atoms with van der Waals surface area (Å²) in [6.07, 6.45) is 0. The molecule has 4 aromatic heterocycles. The van der Waals surface area contributed by atoms with E-state index in [-0.39, 0.29) is 25.3 Å². The minimum absolute atomic E-state index is 0.0693. The van der Waals surface area contributed by atoms with E-state index in [0.29, 0.717) is 11.8 Å². The van der Waals surface area contributed by atoms with Crippen LogP contribution in [0.25, 0.3) is 55.0 Å². The van der Waals surface area contributed by atoms with Crippen molar-refractivity contribution in [2.75, 3.05) is 0 Å². The first-order chi connectivity index (χ1) is 26.9. The first-order valence-electron chi connectivity index (χ1n) is 19.6. The van der Waals surface area contributed by atoms with Crippen LogP contribution in [0.5, 0.6) is 23.3 Å². The second kappa shape index (κ2) is 10.1. The van der Waals surface area contributed by atoms with Crippen LogP contribution >= 0.6 is 0 Å². The highest BCUT2D eigenvalue weighted by Crippen LogP contribution is 2.45. The minimum Gasteiger partial charge on any atom is -0.440 e. The van der Waals surface area contributed by atoms with Gasteiger partial charge in [0.25, 0.3) is 13.4 Å². The highest BCUT2D eigenvalue weighted by atomic mass is 16.5.